The number of rotatable bonds is 3. The second-order valence-electron chi connectivity index (χ2n) is 8.23. The number of nitriles is 1. The maximum absolute atomic E-state index is 13.3. The smallest absolute Gasteiger partial charge is 0.325 e. The van der Waals surface area contributed by atoms with Gasteiger partial charge in [0.2, 0.25) is 0 Å². The molecule has 2 aromatic rings. The summed E-state index contributed by atoms with van der Waals surface area (Å²) in [4.78, 5) is 41.8. The number of carbonyl (C=O) groups is 3. The first-order valence-electron chi connectivity index (χ1n) is 10.4. The van der Waals surface area contributed by atoms with E-state index in [0.717, 1.165) is 11.1 Å². The van der Waals surface area contributed by atoms with Crippen molar-refractivity contribution >= 4 is 17.8 Å². The first kappa shape index (κ1) is 20.6. The average Bonchev–Trinajstić information content (AvgIpc) is 2.91. The highest BCUT2D eigenvalue weighted by Gasteiger charge is 2.51. The van der Waals surface area contributed by atoms with E-state index in [1.807, 2.05) is 31.2 Å². The quantitative estimate of drug-likeness (QED) is 0.779. The van der Waals surface area contributed by atoms with Crippen molar-refractivity contribution in [2.24, 2.45) is 0 Å². The summed E-state index contributed by atoms with van der Waals surface area (Å²) < 4.78 is 0. The van der Waals surface area contributed by atoms with E-state index < -0.39 is 11.6 Å². The molecule has 1 N–H and O–H groups in total. The van der Waals surface area contributed by atoms with Gasteiger partial charge < -0.3 is 10.2 Å². The van der Waals surface area contributed by atoms with Crippen LogP contribution in [0.5, 0.6) is 0 Å². The van der Waals surface area contributed by atoms with Gasteiger partial charge in [-0.25, -0.2) is 4.79 Å². The zero-order chi connectivity index (χ0) is 22.0. The zero-order valence-corrected chi connectivity index (χ0v) is 17.4. The van der Waals surface area contributed by atoms with Gasteiger partial charge in [-0.1, -0.05) is 29.8 Å². The molecule has 31 heavy (non-hydrogen) atoms. The van der Waals surface area contributed by atoms with Gasteiger partial charge in [0, 0.05) is 18.7 Å². The van der Waals surface area contributed by atoms with Crippen molar-refractivity contribution in [2.45, 2.75) is 38.3 Å². The van der Waals surface area contributed by atoms with Gasteiger partial charge in [-0.05, 0) is 56.0 Å². The van der Waals surface area contributed by atoms with Crippen molar-refractivity contribution in [3.63, 3.8) is 0 Å². The number of hydrogen-bond donors (Lipinski definition) is 1. The zero-order valence-electron chi connectivity index (χ0n) is 17.4. The Morgan fingerprint density at radius 3 is 2.65 bits per heavy atom. The molecule has 2 aliphatic rings. The SMILES string of the molecule is Cc1ccc(C(=O)N2CCCC3(CC2)NC(=O)N(Cc2cccc(C#N)c2)C3=O)cc1. The van der Waals surface area contributed by atoms with Crippen LogP contribution in [0.4, 0.5) is 4.79 Å². The summed E-state index contributed by atoms with van der Waals surface area (Å²) in [6, 6.07) is 16.0. The molecule has 2 aromatic carbocycles. The highest BCUT2D eigenvalue weighted by Crippen LogP contribution is 2.31. The topological polar surface area (TPSA) is 93.5 Å². The van der Waals surface area contributed by atoms with Crippen LogP contribution in [0, 0.1) is 18.3 Å². The van der Waals surface area contributed by atoms with Crippen LogP contribution in [-0.4, -0.2) is 46.3 Å². The molecule has 4 amide bonds. The number of likely N-dealkylation sites (tertiary alicyclic amines) is 1. The lowest BCUT2D eigenvalue weighted by Crippen LogP contribution is -2.47. The van der Waals surface area contributed by atoms with Gasteiger partial charge in [-0.2, -0.15) is 5.26 Å². The minimum absolute atomic E-state index is 0.0565. The summed E-state index contributed by atoms with van der Waals surface area (Å²) in [5, 5.41) is 12.0. The number of hydrogen-bond acceptors (Lipinski definition) is 4. The van der Waals surface area contributed by atoms with Gasteiger partial charge in [0.25, 0.3) is 11.8 Å². The molecule has 0 saturated carbocycles. The molecule has 1 atom stereocenters. The summed E-state index contributed by atoms with van der Waals surface area (Å²) in [6.07, 6.45) is 1.50. The molecule has 0 aliphatic carbocycles. The third kappa shape index (κ3) is 4.02. The highest BCUT2D eigenvalue weighted by molar-refractivity contribution is 6.07. The van der Waals surface area contributed by atoms with Crippen LogP contribution in [0.1, 0.15) is 46.3 Å². The molecule has 1 unspecified atom stereocenters. The lowest BCUT2D eigenvalue weighted by Gasteiger charge is -2.25. The van der Waals surface area contributed by atoms with Gasteiger partial charge in [0.15, 0.2) is 0 Å². The Morgan fingerprint density at radius 1 is 1.13 bits per heavy atom. The Bertz CT molecular complexity index is 1070. The number of carbonyl (C=O) groups excluding carboxylic acids is 3. The van der Waals surface area contributed by atoms with Crippen LogP contribution >= 0.6 is 0 Å². The first-order valence-corrected chi connectivity index (χ1v) is 10.4. The monoisotopic (exact) mass is 416 g/mol. The molecule has 1 spiro atoms. The van der Waals surface area contributed by atoms with Crippen molar-refractivity contribution < 1.29 is 14.4 Å². The van der Waals surface area contributed by atoms with E-state index in [1.54, 1.807) is 29.2 Å². The number of aryl methyl sites for hydroxylation is 1. The summed E-state index contributed by atoms with van der Waals surface area (Å²) in [7, 11) is 0. The maximum Gasteiger partial charge on any atom is 0.325 e. The fourth-order valence-electron chi connectivity index (χ4n) is 4.30. The molecule has 2 aliphatic heterocycles. The van der Waals surface area contributed by atoms with Gasteiger partial charge in [0.05, 0.1) is 18.2 Å². The van der Waals surface area contributed by atoms with E-state index in [0.29, 0.717) is 43.5 Å². The number of amides is 4. The Hall–Kier alpha value is -3.66. The molecular formula is C24H24N4O3. The van der Waals surface area contributed by atoms with Gasteiger partial charge in [-0.15, -0.1) is 0 Å². The molecular weight excluding hydrogens is 392 g/mol. The van der Waals surface area contributed by atoms with Crippen molar-refractivity contribution in [3.05, 3.63) is 70.8 Å². The second-order valence-corrected chi connectivity index (χ2v) is 8.23. The van der Waals surface area contributed by atoms with E-state index in [4.69, 9.17) is 5.26 Å². The Balaban J connectivity index is 1.47. The van der Waals surface area contributed by atoms with E-state index in [2.05, 4.69) is 11.4 Å². The van der Waals surface area contributed by atoms with Crippen LogP contribution in [0.25, 0.3) is 0 Å². The summed E-state index contributed by atoms with van der Waals surface area (Å²) in [5.74, 6) is -0.316. The lowest BCUT2D eigenvalue weighted by atomic mass is 9.90. The molecule has 4 rings (SSSR count). The Kier molecular flexibility index (Phi) is 5.47. The van der Waals surface area contributed by atoms with Crippen LogP contribution < -0.4 is 5.32 Å². The summed E-state index contributed by atoms with van der Waals surface area (Å²) in [5.41, 5.74) is 1.95. The predicted octanol–water partition coefficient (Wildman–Crippen LogP) is 2.98. The van der Waals surface area contributed by atoms with E-state index >= 15 is 0 Å². The third-order valence-corrected chi connectivity index (χ3v) is 6.07. The molecule has 2 saturated heterocycles. The first-order chi connectivity index (χ1) is 14.9. The van der Waals surface area contributed by atoms with E-state index in [9.17, 15) is 14.4 Å². The standard InChI is InChI=1S/C24H24N4O3/c1-17-6-8-20(9-7-17)21(29)27-12-3-10-24(11-13-27)22(30)28(23(31)26-24)16-19-5-2-4-18(14-19)15-25/h2,4-9,14H,3,10-13,16H2,1H3,(H,26,31). The molecule has 7 nitrogen and oxygen atoms in total. The number of nitrogens with zero attached hydrogens (tertiary/aromatic N) is 3. The van der Waals surface area contributed by atoms with Crippen LogP contribution in [0.2, 0.25) is 0 Å². The Labute approximate surface area is 181 Å². The lowest BCUT2D eigenvalue weighted by molar-refractivity contribution is -0.132. The van der Waals surface area contributed by atoms with E-state index in [1.165, 1.54) is 4.90 Å². The predicted molar refractivity (Wildman–Crippen MR) is 114 cm³/mol. The normalized spacial score (nSPS) is 21.0. The van der Waals surface area contributed by atoms with Crippen molar-refractivity contribution in [1.82, 2.24) is 15.1 Å². The summed E-state index contributed by atoms with van der Waals surface area (Å²) in [6.45, 7) is 3.03. The molecule has 0 radical (unpaired) electrons. The van der Waals surface area contributed by atoms with Crippen molar-refractivity contribution in [1.29, 1.82) is 5.26 Å². The van der Waals surface area contributed by atoms with Crippen molar-refractivity contribution in [3.8, 4) is 6.07 Å². The molecule has 7 heteroatoms. The van der Waals surface area contributed by atoms with Gasteiger partial charge >= 0.3 is 6.03 Å². The highest BCUT2D eigenvalue weighted by atomic mass is 16.2. The molecule has 0 aromatic heterocycles. The third-order valence-electron chi connectivity index (χ3n) is 6.07. The Morgan fingerprint density at radius 2 is 1.90 bits per heavy atom. The number of benzene rings is 2. The largest absolute Gasteiger partial charge is 0.339 e. The second kappa shape index (κ2) is 8.23. The fourth-order valence-corrected chi connectivity index (χ4v) is 4.30. The molecule has 2 fully saturated rings. The number of imide groups is 1. The van der Waals surface area contributed by atoms with E-state index in [-0.39, 0.29) is 18.4 Å². The van der Waals surface area contributed by atoms with Crippen LogP contribution in [0.3, 0.4) is 0 Å². The van der Waals surface area contributed by atoms with Gasteiger partial charge in [-0.3, -0.25) is 14.5 Å². The fraction of sp³-hybridized carbons (Fsp3) is 0.333. The molecule has 158 valence electrons. The minimum atomic E-state index is -0.980. The maximum atomic E-state index is 13.3. The minimum Gasteiger partial charge on any atom is -0.339 e. The molecule has 0 bridgehead atoms. The van der Waals surface area contributed by atoms with Crippen LogP contribution in [0.15, 0.2) is 48.5 Å². The van der Waals surface area contributed by atoms with Gasteiger partial charge in [0.1, 0.15) is 5.54 Å². The number of urea groups is 1. The average molecular weight is 416 g/mol. The number of nitrogens with one attached hydrogen (secondary N) is 1. The molecule has 2 heterocycles. The van der Waals surface area contributed by atoms with Crippen molar-refractivity contribution in [2.75, 3.05) is 13.1 Å². The summed E-state index contributed by atoms with van der Waals surface area (Å²) >= 11 is 0. The van der Waals surface area contributed by atoms with Crippen LogP contribution in [-0.2, 0) is 11.3 Å².